The lowest BCUT2D eigenvalue weighted by atomic mass is 9.76. The van der Waals surface area contributed by atoms with Gasteiger partial charge >= 0.3 is 0 Å². The lowest BCUT2D eigenvalue weighted by Gasteiger charge is -2.36. The van der Waals surface area contributed by atoms with Crippen molar-refractivity contribution in [1.82, 2.24) is 25.7 Å². The van der Waals surface area contributed by atoms with Gasteiger partial charge in [-0.25, -0.2) is 0 Å². The molecule has 3 N–H and O–H groups in total. The maximum absolute atomic E-state index is 13.1. The number of hydrogen-bond acceptors (Lipinski definition) is 6. The molecule has 1 aromatic rings. The first-order valence-electron chi connectivity index (χ1n) is 12.0. The first-order valence-corrected chi connectivity index (χ1v) is 12.0. The van der Waals surface area contributed by atoms with Crippen LogP contribution in [0.25, 0.3) is 0 Å². The second kappa shape index (κ2) is 13.3. The molecule has 1 aromatic heterocycles. The summed E-state index contributed by atoms with van der Waals surface area (Å²) in [4.78, 5) is 15.4. The highest BCUT2D eigenvalue weighted by Crippen LogP contribution is 2.39. The molecular formula is C24H45N5O3. The molecule has 1 aliphatic carbocycles. The molecule has 0 aliphatic heterocycles. The van der Waals surface area contributed by atoms with Crippen molar-refractivity contribution in [3.63, 3.8) is 0 Å². The second-order valence-corrected chi connectivity index (χ2v) is 10.3. The van der Waals surface area contributed by atoms with E-state index in [-0.39, 0.29) is 29.3 Å². The van der Waals surface area contributed by atoms with Gasteiger partial charge in [0.1, 0.15) is 0 Å². The number of hydrogen-bond donors (Lipinski definition) is 3. The van der Waals surface area contributed by atoms with E-state index >= 15 is 0 Å². The van der Waals surface area contributed by atoms with Gasteiger partial charge in [0.05, 0.1) is 24.8 Å². The van der Waals surface area contributed by atoms with E-state index in [2.05, 4.69) is 53.5 Å². The Kier molecular flexibility index (Phi) is 11.1. The molecule has 0 radical (unpaired) electrons. The molecule has 0 aromatic carbocycles. The third-order valence-electron chi connectivity index (χ3n) is 6.02. The van der Waals surface area contributed by atoms with Crippen molar-refractivity contribution in [2.45, 2.75) is 65.0 Å². The Labute approximate surface area is 194 Å². The zero-order chi connectivity index (χ0) is 23.6. The molecule has 0 bridgehead atoms. The topological polar surface area (TPSA) is 91.5 Å². The van der Waals surface area contributed by atoms with E-state index in [1.54, 1.807) is 7.11 Å². The van der Waals surface area contributed by atoms with Gasteiger partial charge in [0, 0.05) is 57.1 Å². The lowest BCUT2D eigenvalue weighted by molar-refractivity contribution is -0.134. The van der Waals surface area contributed by atoms with Crippen molar-refractivity contribution in [3.8, 4) is 0 Å². The number of nitrogens with one attached hydrogen (secondary N) is 3. The molecule has 1 saturated carbocycles. The minimum atomic E-state index is -0.156. The van der Waals surface area contributed by atoms with Crippen LogP contribution in [0.3, 0.4) is 0 Å². The second-order valence-electron chi connectivity index (χ2n) is 10.3. The molecule has 3 atom stereocenters. The van der Waals surface area contributed by atoms with Crippen molar-refractivity contribution in [2.75, 3.05) is 54.1 Å². The average Bonchev–Trinajstić information content (AvgIpc) is 3.21. The summed E-state index contributed by atoms with van der Waals surface area (Å²) in [5, 5.41) is 13.9. The zero-order valence-electron chi connectivity index (χ0n) is 21.0. The molecule has 184 valence electrons. The third-order valence-corrected chi connectivity index (χ3v) is 6.02. The highest BCUT2D eigenvalue weighted by Gasteiger charge is 2.38. The normalized spacial score (nSPS) is 21.8. The highest BCUT2D eigenvalue weighted by atomic mass is 16.5. The van der Waals surface area contributed by atoms with Gasteiger partial charge in [-0.3, -0.25) is 9.89 Å². The van der Waals surface area contributed by atoms with E-state index in [9.17, 15) is 4.79 Å². The van der Waals surface area contributed by atoms with Crippen LogP contribution in [0.15, 0.2) is 6.20 Å². The fourth-order valence-corrected chi connectivity index (χ4v) is 4.27. The number of likely N-dealkylation sites (N-methyl/N-ethyl adjacent to an activating group) is 2. The first-order chi connectivity index (χ1) is 15.2. The Morgan fingerprint density at radius 1 is 1.31 bits per heavy atom. The Hall–Kier alpha value is -1.48. The van der Waals surface area contributed by atoms with E-state index in [1.165, 1.54) is 11.3 Å². The summed E-state index contributed by atoms with van der Waals surface area (Å²) in [6, 6.07) is 0. The summed E-state index contributed by atoms with van der Waals surface area (Å²) in [5.41, 5.74) is 2.47. The zero-order valence-corrected chi connectivity index (χ0v) is 21.0. The van der Waals surface area contributed by atoms with E-state index in [4.69, 9.17) is 9.47 Å². The predicted molar refractivity (Wildman–Crippen MR) is 128 cm³/mol. The fraction of sp³-hybridized carbons (Fsp3) is 0.833. The number of carbonyl (C=O) groups is 1. The fourth-order valence-electron chi connectivity index (χ4n) is 4.27. The molecule has 0 saturated heterocycles. The molecule has 2 rings (SSSR count). The van der Waals surface area contributed by atoms with E-state index in [0.717, 1.165) is 45.3 Å². The lowest BCUT2D eigenvalue weighted by Crippen LogP contribution is -2.43. The average molecular weight is 452 g/mol. The molecule has 8 heteroatoms. The van der Waals surface area contributed by atoms with Gasteiger partial charge in [0.2, 0.25) is 5.91 Å². The van der Waals surface area contributed by atoms with Crippen molar-refractivity contribution in [1.29, 1.82) is 0 Å². The number of amides is 1. The van der Waals surface area contributed by atoms with Gasteiger partial charge < -0.3 is 25.0 Å². The van der Waals surface area contributed by atoms with E-state index in [0.29, 0.717) is 19.8 Å². The van der Waals surface area contributed by atoms with Crippen molar-refractivity contribution < 1.29 is 14.3 Å². The van der Waals surface area contributed by atoms with Crippen molar-refractivity contribution in [3.05, 3.63) is 17.5 Å². The molecule has 32 heavy (non-hydrogen) atoms. The van der Waals surface area contributed by atoms with Crippen LogP contribution in [0.5, 0.6) is 0 Å². The van der Waals surface area contributed by atoms with Crippen LogP contribution >= 0.6 is 0 Å². The molecule has 0 spiro atoms. The maximum atomic E-state index is 13.1. The summed E-state index contributed by atoms with van der Waals surface area (Å²) in [6.07, 6.45) is 5.36. The quantitative estimate of drug-likeness (QED) is 0.399. The Bertz CT molecular complexity index is 673. The standard InChI is InChI=1S/C24H45N5O3/c1-24(2,3)17-32-21-9-8-18(14-20(21)23(30)26-10-7-13-31-6)22-19(15-27-28-22)16-29(5)12-11-25-4/h15,18,20-21,25H,7-14,16-17H2,1-6H3,(H,26,30)(H,27,28)/t18?,20?,21-/m0/s1. The molecule has 1 amide bonds. The first kappa shape index (κ1) is 26.8. The third kappa shape index (κ3) is 8.81. The summed E-state index contributed by atoms with van der Waals surface area (Å²) in [6.45, 7) is 11.2. The van der Waals surface area contributed by atoms with Crippen LogP contribution in [0.2, 0.25) is 0 Å². The summed E-state index contributed by atoms with van der Waals surface area (Å²) < 4.78 is 11.4. The van der Waals surface area contributed by atoms with Gasteiger partial charge in [-0.1, -0.05) is 20.8 Å². The number of H-pyrrole nitrogens is 1. The van der Waals surface area contributed by atoms with Crippen molar-refractivity contribution in [2.24, 2.45) is 11.3 Å². The number of methoxy groups -OCH3 is 1. The largest absolute Gasteiger partial charge is 0.385 e. The molecule has 1 aliphatic rings. The number of carbonyl (C=O) groups excluding carboxylic acids is 1. The van der Waals surface area contributed by atoms with Gasteiger partial charge in [-0.15, -0.1) is 0 Å². The van der Waals surface area contributed by atoms with Gasteiger partial charge in [-0.2, -0.15) is 5.10 Å². The molecular weight excluding hydrogens is 406 g/mol. The summed E-state index contributed by atoms with van der Waals surface area (Å²) >= 11 is 0. The van der Waals surface area contributed by atoms with Crippen LogP contribution in [-0.4, -0.2) is 81.2 Å². The smallest absolute Gasteiger partial charge is 0.225 e. The number of aromatic amines is 1. The highest BCUT2D eigenvalue weighted by molar-refractivity contribution is 5.79. The molecule has 8 nitrogen and oxygen atoms in total. The molecule has 2 unspecified atom stereocenters. The van der Waals surface area contributed by atoms with Crippen LogP contribution in [-0.2, 0) is 20.8 Å². The van der Waals surface area contributed by atoms with Crippen LogP contribution < -0.4 is 10.6 Å². The summed E-state index contributed by atoms with van der Waals surface area (Å²) in [5.74, 6) is 0.225. The number of aromatic nitrogens is 2. The molecule has 1 fully saturated rings. The monoisotopic (exact) mass is 451 g/mol. The van der Waals surface area contributed by atoms with Gasteiger partial charge in [0.25, 0.3) is 0 Å². The Morgan fingerprint density at radius 3 is 2.78 bits per heavy atom. The number of nitrogens with zero attached hydrogens (tertiary/aromatic N) is 2. The number of rotatable bonds is 13. The predicted octanol–water partition coefficient (Wildman–Crippen LogP) is 2.53. The number of ether oxygens (including phenoxy) is 2. The van der Waals surface area contributed by atoms with Gasteiger partial charge in [0.15, 0.2) is 0 Å². The van der Waals surface area contributed by atoms with Crippen LogP contribution in [0.1, 0.15) is 63.6 Å². The Balaban J connectivity index is 2.07. The van der Waals surface area contributed by atoms with Crippen molar-refractivity contribution >= 4 is 5.91 Å². The Morgan fingerprint density at radius 2 is 2.09 bits per heavy atom. The minimum Gasteiger partial charge on any atom is -0.385 e. The SMILES string of the molecule is CNCCN(C)Cc1cn[nH]c1C1CC[C@H](OCC(C)(C)C)C(C(=O)NCCCOC)C1. The molecule has 1 heterocycles. The van der Waals surface area contributed by atoms with E-state index < -0.39 is 0 Å². The van der Waals surface area contributed by atoms with Crippen LogP contribution in [0.4, 0.5) is 0 Å². The maximum Gasteiger partial charge on any atom is 0.225 e. The minimum absolute atomic E-state index is 0.0439. The van der Waals surface area contributed by atoms with E-state index in [1.807, 2.05) is 13.2 Å². The van der Waals surface area contributed by atoms with Crippen LogP contribution in [0, 0.1) is 11.3 Å². The van der Waals surface area contributed by atoms with Gasteiger partial charge in [-0.05, 0) is 45.2 Å². The summed E-state index contributed by atoms with van der Waals surface area (Å²) in [7, 11) is 5.78.